The van der Waals surface area contributed by atoms with E-state index >= 15 is 0 Å². The van der Waals surface area contributed by atoms with Crippen molar-refractivity contribution < 1.29 is 19.1 Å². The molecular formula is C88H154N2Ni. The van der Waals surface area contributed by atoms with Crippen LogP contribution in [0.2, 0.25) is 10.8 Å². The molecule has 3 heteroatoms. The van der Waals surface area contributed by atoms with Crippen molar-refractivity contribution in [3.05, 3.63) is 98.6 Å². The van der Waals surface area contributed by atoms with Crippen LogP contribution in [0.15, 0.2) is 59.7 Å². The van der Waals surface area contributed by atoms with Crippen molar-refractivity contribution >= 4 is 23.5 Å². The van der Waals surface area contributed by atoms with Gasteiger partial charge in [-0.2, -0.15) is 0 Å². The SMILES string of the molecule is CCCCCCCC=Cc1cc(C=CCCCCCCC)cc(C2=C(CCCCC)C(CCCCCCCCCCCCCCC)=C(c3cc(CCCC)cc(CCCC)c3)[N+]2=[N-])c1.CCCCCCCCCCCC[CH2][Ni][CH2]CCCCCCCCCCCC. The van der Waals surface area contributed by atoms with Crippen LogP contribution in [0.25, 0.3) is 29.1 Å². The minimum absolute atomic E-state index is 1.01. The summed E-state index contributed by atoms with van der Waals surface area (Å²) in [6, 6.07) is 14.5. The molecule has 0 saturated heterocycles. The van der Waals surface area contributed by atoms with E-state index in [9.17, 15) is 5.53 Å². The fourth-order valence-corrected chi connectivity index (χ4v) is 14.7. The van der Waals surface area contributed by atoms with Gasteiger partial charge in [-0.3, -0.25) is 0 Å². The van der Waals surface area contributed by atoms with Crippen LogP contribution < -0.4 is 0 Å². The molecule has 2 aromatic rings. The van der Waals surface area contributed by atoms with Crippen molar-refractivity contribution in [1.82, 2.24) is 0 Å². The van der Waals surface area contributed by atoms with Crippen LogP contribution in [0.1, 0.15) is 448 Å². The smallest absolute Gasteiger partial charge is 0.0654 e. The van der Waals surface area contributed by atoms with E-state index in [4.69, 9.17) is 0 Å². The molecule has 0 aromatic heterocycles. The summed E-state index contributed by atoms with van der Waals surface area (Å²) in [6.07, 6.45) is 87.4. The second-order valence-electron chi connectivity index (χ2n) is 28.3. The van der Waals surface area contributed by atoms with E-state index in [0.29, 0.717) is 0 Å². The Morgan fingerprint density at radius 3 is 0.868 bits per heavy atom. The normalized spacial score (nSPS) is 12.8. The summed E-state index contributed by atoms with van der Waals surface area (Å²) >= 11 is 2.03. The molecule has 0 aliphatic carbocycles. The fourth-order valence-electron chi connectivity index (χ4n) is 13.5. The summed E-state index contributed by atoms with van der Waals surface area (Å²) in [4.78, 5) is 0. The first-order valence-electron chi connectivity index (χ1n) is 40.9. The zero-order chi connectivity index (χ0) is 65.6. The molecule has 2 aromatic carbocycles. The Bertz CT molecular complexity index is 2010. The Kier molecular flexibility index (Phi) is 59.1. The maximum atomic E-state index is 12.9. The third-order valence-corrected chi connectivity index (χ3v) is 20.8. The van der Waals surface area contributed by atoms with Gasteiger partial charge in [0.2, 0.25) is 11.4 Å². The number of allylic oxidation sites excluding steroid dienone is 4. The Hall–Kier alpha value is -2.51. The first-order chi connectivity index (χ1) is 44.9. The molecule has 2 nitrogen and oxygen atoms in total. The monoisotopic (exact) mass is 1300 g/mol. The fraction of sp³-hybridized carbons (Fsp3) is 0.773. The molecule has 0 bridgehead atoms. The van der Waals surface area contributed by atoms with E-state index in [-0.39, 0.29) is 0 Å². The van der Waals surface area contributed by atoms with Gasteiger partial charge >= 0.3 is 166 Å². The molecule has 0 unspecified atom stereocenters. The van der Waals surface area contributed by atoms with Gasteiger partial charge in [0.1, 0.15) is 0 Å². The molecule has 0 N–H and O–H groups in total. The van der Waals surface area contributed by atoms with Gasteiger partial charge < -0.3 is 5.53 Å². The summed E-state index contributed by atoms with van der Waals surface area (Å²) in [6.45, 7) is 18.4. The number of hydrogen-bond donors (Lipinski definition) is 0. The van der Waals surface area contributed by atoms with E-state index < -0.39 is 0 Å². The third-order valence-electron chi connectivity index (χ3n) is 19.4. The van der Waals surface area contributed by atoms with Gasteiger partial charge in [-0.05, 0) is 130 Å². The molecule has 0 radical (unpaired) electrons. The van der Waals surface area contributed by atoms with E-state index in [1.807, 2.05) is 14.4 Å². The zero-order valence-electron chi connectivity index (χ0n) is 62.4. The Morgan fingerprint density at radius 1 is 0.275 bits per heavy atom. The second-order valence-corrected chi connectivity index (χ2v) is 29.8. The summed E-state index contributed by atoms with van der Waals surface area (Å²) in [5.41, 5.74) is 25.5. The first-order valence-corrected chi connectivity index (χ1v) is 42.3. The number of hydrogen-bond acceptors (Lipinski definition) is 0. The quantitative estimate of drug-likeness (QED) is 0.0358. The molecule has 91 heavy (non-hydrogen) atoms. The standard InChI is InChI=1S/C62H100N2.2C13H27.Ni/c1-7-13-19-22-25-26-27-28-29-30-33-36-40-46-60-59(45-37-16-10-4)61(64(63)62(60)57-49-53(41-17-11-5)47-54(50-57)42-18-12-6)58-51-55(43-38-34-31-23-20-14-8-2)48-56(52-58)44-39-35-32-24-21-15-9-3;2*1-3-5-7-9-11-13-12-10-8-6-4-2;/h38-39,43-44,47-52H,7-37,40-42,45-46H2,1-6H3;2*1,3-13H2,2H3;. The van der Waals surface area contributed by atoms with Crippen LogP contribution in [-0.4, -0.2) is 4.70 Å². The Balaban J connectivity index is 0.000000874. The van der Waals surface area contributed by atoms with Gasteiger partial charge in [-0.15, -0.1) is 0 Å². The van der Waals surface area contributed by atoms with Crippen LogP contribution in [0.3, 0.4) is 0 Å². The third kappa shape index (κ3) is 44.8. The number of aryl methyl sites for hydroxylation is 2. The second kappa shape index (κ2) is 63.5. The van der Waals surface area contributed by atoms with Crippen molar-refractivity contribution in [2.75, 3.05) is 0 Å². The van der Waals surface area contributed by atoms with Gasteiger partial charge in [0.15, 0.2) is 0 Å². The molecule has 0 fully saturated rings. The van der Waals surface area contributed by atoms with Gasteiger partial charge in [0.25, 0.3) is 0 Å². The van der Waals surface area contributed by atoms with Gasteiger partial charge in [-0.1, -0.05) is 240 Å². The molecule has 3 rings (SSSR count). The molecular weight excluding hydrogens is 1140 g/mol. The van der Waals surface area contributed by atoms with E-state index in [1.54, 1.807) is 4.70 Å². The van der Waals surface area contributed by atoms with E-state index in [0.717, 1.165) is 61.9 Å². The molecule has 1 heterocycles. The minimum Gasteiger partial charge on any atom is -0.0654 e. The molecule has 0 saturated carbocycles. The average Bonchev–Trinajstić information content (AvgIpc) is 1.79. The van der Waals surface area contributed by atoms with Crippen molar-refractivity contribution in [2.24, 2.45) is 0 Å². The predicted octanol–water partition coefficient (Wildman–Crippen LogP) is 31.9. The predicted molar refractivity (Wildman–Crippen MR) is 409 cm³/mol. The molecule has 0 atom stereocenters. The molecule has 1 aliphatic rings. The summed E-state index contributed by atoms with van der Waals surface area (Å²) in [5.74, 6) is 0. The number of benzene rings is 2. The van der Waals surface area contributed by atoms with Crippen LogP contribution in [0, 0.1) is 0 Å². The van der Waals surface area contributed by atoms with Gasteiger partial charge in [0.05, 0.1) is 0 Å². The van der Waals surface area contributed by atoms with Crippen LogP contribution in [0.4, 0.5) is 0 Å². The summed E-state index contributed by atoms with van der Waals surface area (Å²) in [5, 5.41) is 2.86. The summed E-state index contributed by atoms with van der Waals surface area (Å²) < 4.78 is 1.68. The van der Waals surface area contributed by atoms with Crippen LogP contribution >= 0.6 is 0 Å². The van der Waals surface area contributed by atoms with Crippen LogP contribution in [0.5, 0.6) is 0 Å². The van der Waals surface area contributed by atoms with Crippen molar-refractivity contribution in [3.8, 4) is 0 Å². The van der Waals surface area contributed by atoms with E-state index in [2.05, 4.69) is 116 Å². The van der Waals surface area contributed by atoms with Gasteiger partial charge in [0, 0.05) is 22.3 Å². The van der Waals surface area contributed by atoms with Gasteiger partial charge in [-0.25, -0.2) is 4.70 Å². The Labute approximate surface area is 576 Å². The molecule has 1 aliphatic heterocycles. The molecule has 0 spiro atoms. The van der Waals surface area contributed by atoms with Crippen LogP contribution in [-0.2, 0) is 27.3 Å². The summed E-state index contributed by atoms with van der Waals surface area (Å²) in [7, 11) is 0. The maximum absolute atomic E-state index is 12.9. The van der Waals surface area contributed by atoms with Crippen molar-refractivity contribution in [1.29, 1.82) is 0 Å². The number of nitrogens with zero attached hydrogens (tertiary/aromatic N) is 2. The number of unbranched alkanes of at least 4 members (excludes halogenated alkanes) is 46. The minimum atomic E-state index is 1.01. The zero-order valence-corrected chi connectivity index (χ0v) is 63.4. The molecule has 0 amide bonds. The van der Waals surface area contributed by atoms with E-state index in [1.165, 1.54) is 377 Å². The Morgan fingerprint density at radius 2 is 0.538 bits per heavy atom. The van der Waals surface area contributed by atoms with Crippen molar-refractivity contribution in [2.45, 2.75) is 439 Å². The number of rotatable bonds is 64. The van der Waals surface area contributed by atoms with Crippen molar-refractivity contribution in [3.63, 3.8) is 0 Å². The first kappa shape index (κ1) is 84.6. The molecule has 526 valence electrons. The topological polar surface area (TPSA) is 25.3 Å². The average molecular weight is 1300 g/mol.